The van der Waals surface area contributed by atoms with E-state index < -0.39 is 0 Å². The van der Waals surface area contributed by atoms with E-state index in [4.69, 9.17) is 4.74 Å². The summed E-state index contributed by atoms with van der Waals surface area (Å²) in [7, 11) is 0. The second kappa shape index (κ2) is 3.94. The summed E-state index contributed by atoms with van der Waals surface area (Å²) in [4.78, 5) is 23.9. The quantitative estimate of drug-likeness (QED) is 0.556. The Morgan fingerprint density at radius 1 is 1.33 bits per heavy atom. The number of carbonyl (C=O) groups excluding carboxylic acids is 2. The molecule has 0 saturated heterocycles. The van der Waals surface area contributed by atoms with Gasteiger partial charge in [-0.3, -0.25) is 4.79 Å². The number of hydrogen-bond donors (Lipinski definition) is 0. The number of rotatable bonds is 2. The van der Waals surface area contributed by atoms with Crippen LogP contribution in [0.3, 0.4) is 0 Å². The number of hydrogen-bond acceptors (Lipinski definition) is 3. The fraction of sp³-hybridized carbons (Fsp3) is 0.733. The number of ether oxygens (including phenoxy) is 1. The molecule has 0 aromatic heterocycles. The third-order valence-electron chi connectivity index (χ3n) is 5.61. The van der Waals surface area contributed by atoms with Crippen molar-refractivity contribution in [2.24, 2.45) is 35.5 Å². The minimum absolute atomic E-state index is 0.0624. The lowest BCUT2D eigenvalue weighted by Crippen LogP contribution is -2.62. The number of carbonyl (C=O) groups is 2. The van der Waals surface area contributed by atoms with Gasteiger partial charge in [-0.2, -0.15) is 0 Å². The highest BCUT2D eigenvalue weighted by molar-refractivity contribution is 5.88. The molecular formula is C15H20O3. The summed E-state index contributed by atoms with van der Waals surface area (Å²) in [5.41, 5.74) is 0. The van der Waals surface area contributed by atoms with Crippen LogP contribution in [0.2, 0.25) is 0 Å². The van der Waals surface area contributed by atoms with Crippen LogP contribution in [-0.2, 0) is 14.3 Å². The normalized spacial score (nSPS) is 49.2. The Bertz CT molecular complexity index is 414. The highest BCUT2D eigenvalue weighted by atomic mass is 16.5. The van der Waals surface area contributed by atoms with Crippen molar-refractivity contribution in [2.75, 3.05) is 0 Å². The van der Waals surface area contributed by atoms with Gasteiger partial charge in [-0.15, -0.1) is 0 Å². The molecule has 0 spiro atoms. The highest BCUT2D eigenvalue weighted by Gasteiger charge is 2.60. The predicted molar refractivity (Wildman–Crippen MR) is 66.6 cm³/mol. The van der Waals surface area contributed by atoms with Gasteiger partial charge in [0.1, 0.15) is 11.9 Å². The zero-order valence-corrected chi connectivity index (χ0v) is 11.0. The standard InChI is InChI=1S/C15H20O3/c1-4-12(16)18-15-9-5-10-7(2)11(6-9)14(17)13(15)8(10)3/h4,7-11,13,15H,1,5-6H2,2-3H3. The fourth-order valence-electron chi connectivity index (χ4n) is 4.72. The molecule has 4 fully saturated rings. The zero-order chi connectivity index (χ0) is 13.0. The van der Waals surface area contributed by atoms with Crippen molar-refractivity contribution in [2.45, 2.75) is 32.8 Å². The van der Waals surface area contributed by atoms with E-state index in [1.165, 1.54) is 6.08 Å². The van der Waals surface area contributed by atoms with Crippen LogP contribution in [0.5, 0.6) is 0 Å². The average Bonchev–Trinajstić information content (AvgIpc) is 2.35. The molecule has 7 atom stereocenters. The molecule has 18 heavy (non-hydrogen) atoms. The predicted octanol–water partition coefficient (Wildman–Crippen LogP) is 2.21. The average molecular weight is 248 g/mol. The van der Waals surface area contributed by atoms with Gasteiger partial charge in [0.2, 0.25) is 0 Å². The molecule has 0 aromatic carbocycles. The Morgan fingerprint density at radius 2 is 2.06 bits per heavy atom. The Hall–Kier alpha value is -1.12. The number of ketones is 1. The molecule has 0 heterocycles. The summed E-state index contributed by atoms with van der Waals surface area (Å²) in [5, 5.41) is 0. The van der Waals surface area contributed by atoms with Gasteiger partial charge in [-0.1, -0.05) is 20.4 Å². The van der Waals surface area contributed by atoms with E-state index in [0.717, 1.165) is 12.8 Å². The summed E-state index contributed by atoms with van der Waals surface area (Å²) >= 11 is 0. The smallest absolute Gasteiger partial charge is 0.330 e. The van der Waals surface area contributed by atoms with Crippen molar-refractivity contribution < 1.29 is 14.3 Å². The molecule has 4 bridgehead atoms. The van der Waals surface area contributed by atoms with Crippen LogP contribution >= 0.6 is 0 Å². The molecule has 4 saturated carbocycles. The minimum Gasteiger partial charge on any atom is -0.458 e. The number of Topliss-reactive ketones (excluding diaryl/α,β-unsaturated/α-hetero) is 1. The summed E-state index contributed by atoms with van der Waals surface area (Å²) in [6.07, 6.45) is 3.02. The monoisotopic (exact) mass is 248 g/mol. The Balaban J connectivity index is 1.90. The molecule has 0 N–H and O–H groups in total. The van der Waals surface area contributed by atoms with Crippen molar-refractivity contribution >= 4 is 11.8 Å². The van der Waals surface area contributed by atoms with E-state index in [1.54, 1.807) is 0 Å². The lowest BCUT2D eigenvalue weighted by molar-refractivity contribution is -0.187. The lowest BCUT2D eigenvalue weighted by atomic mass is 9.47. The molecule has 0 amide bonds. The van der Waals surface area contributed by atoms with E-state index in [2.05, 4.69) is 20.4 Å². The first kappa shape index (κ1) is 11.9. The summed E-state index contributed by atoms with van der Waals surface area (Å²) in [6, 6.07) is 0. The molecule has 7 unspecified atom stereocenters. The van der Waals surface area contributed by atoms with E-state index in [9.17, 15) is 9.59 Å². The van der Waals surface area contributed by atoms with E-state index >= 15 is 0 Å². The Morgan fingerprint density at radius 3 is 2.72 bits per heavy atom. The molecule has 4 aliphatic rings. The molecule has 3 heteroatoms. The fourth-order valence-corrected chi connectivity index (χ4v) is 4.72. The van der Waals surface area contributed by atoms with E-state index in [0.29, 0.717) is 29.5 Å². The Labute approximate surface area is 108 Å². The van der Waals surface area contributed by atoms with E-state index in [-0.39, 0.29) is 23.9 Å². The SMILES string of the molecule is C=CC(=O)OC1C2CC3C(=O)C1C(C)C(C2)C3C. The summed E-state index contributed by atoms with van der Waals surface area (Å²) in [6.45, 7) is 7.80. The van der Waals surface area contributed by atoms with Gasteiger partial charge in [-0.05, 0) is 36.5 Å². The lowest BCUT2D eigenvalue weighted by Gasteiger charge is -2.58. The molecule has 4 rings (SSSR count). The third kappa shape index (κ3) is 1.42. The zero-order valence-electron chi connectivity index (χ0n) is 11.0. The highest BCUT2D eigenvalue weighted by Crippen LogP contribution is 2.58. The minimum atomic E-state index is -0.388. The molecule has 98 valence electrons. The molecule has 4 aliphatic carbocycles. The van der Waals surface area contributed by atoms with Crippen LogP contribution in [-0.4, -0.2) is 17.9 Å². The van der Waals surface area contributed by atoms with Crippen LogP contribution < -0.4 is 0 Å². The van der Waals surface area contributed by atoms with Crippen molar-refractivity contribution in [1.82, 2.24) is 0 Å². The summed E-state index contributed by atoms with van der Waals surface area (Å²) < 4.78 is 5.47. The van der Waals surface area contributed by atoms with Gasteiger partial charge in [-0.25, -0.2) is 4.79 Å². The second-order valence-corrected chi connectivity index (χ2v) is 6.25. The van der Waals surface area contributed by atoms with Crippen molar-refractivity contribution in [3.63, 3.8) is 0 Å². The van der Waals surface area contributed by atoms with Crippen molar-refractivity contribution in [1.29, 1.82) is 0 Å². The molecule has 0 radical (unpaired) electrons. The maximum absolute atomic E-state index is 12.5. The largest absolute Gasteiger partial charge is 0.458 e. The van der Waals surface area contributed by atoms with Gasteiger partial charge < -0.3 is 4.74 Å². The van der Waals surface area contributed by atoms with Crippen LogP contribution in [0, 0.1) is 35.5 Å². The third-order valence-corrected chi connectivity index (χ3v) is 5.61. The maximum Gasteiger partial charge on any atom is 0.330 e. The molecule has 0 aromatic rings. The first-order valence-corrected chi connectivity index (χ1v) is 6.91. The molecule has 0 aliphatic heterocycles. The van der Waals surface area contributed by atoms with Gasteiger partial charge in [0, 0.05) is 12.0 Å². The van der Waals surface area contributed by atoms with Gasteiger partial charge in [0.15, 0.2) is 0 Å². The Kier molecular flexibility index (Phi) is 2.61. The van der Waals surface area contributed by atoms with Crippen molar-refractivity contribution in [3.05, 3.63) is 12.7 Å². The van der Waals surface area contributed by atoms with Crippen molar-refractivity contribution in [3.8, 4) is 0 Å². The van der Waals surface area contributed by atoms with Crippen LogP contribution in [0.25, 0.3) is 0 Å². The van der Waals surface area contributed by atoms with Gasteiger partial charge in [0.05, 0.1) is 5.92 Å². The number of esters is 1. The van der Waals surface area contributed by atoms with E-state index in [1.807, 2.05) is 0 Å². The first-order chi connectivity index (χ1) is 8.54. The van der Waals surface area contributed by atoms with Gasteiger partial charge in [0.25, 0.3) is 0 Å². The topological polar surface area (TPSA) is 43.4 Å². The first-order valence-electron chi connectivity index (χ1n) is 6.91. The van der Waals surface area contributed by atoms with Crippen LogP contribution in [0.15, 0.2) is 12.7 Å². The summed E-state index contributed by atoms with van der Waals surface area (Å²) in [5.74, 6) is 1.99. The molecular weight excluding hydrogens is 228 g/mol. The van der Waals surface area contributed by atoms with Crippen LogP contribution in [0.4, 0.5) is 0 Å². The van der Waals surface area contributed by atoms with Gasteiger partial charge >= 0.3 is 5.97 Å². The molecule has 3 nitrogen and oxygen atoms in total. The maximum atomic E-state index is 12.5. The second-order valence-electron chi connectivity index (χ2n) is 6.25. The van der Waals surface area contributed by atoms with Crippen LogP contribution in [0.1, 0.15) is 26.7 Å².